The summed E-state index contributed by atoms with van der Waals surface area (Å²) in [7, 11) is 0. The van der Waals surface area contributed by atoms with E-state index >= 15 is 0 Å². The lowest BCUT2D eigenvalue weighted by Crippen LogP contribution is -2.53. The molecule has 1 aromatic rings. The Morgan fingerprint density at radius 2 is 0.514 bits per heavy atom. The summed E-state index contributed by atoms with van der Waals surface area (Å²) in [4.78, 5) is 179. The van der Waals surface area contributed by atoms with Gasteiger partial charge in [-0.25, -0.2) is 0 Å². The summed E-state index contributed by atoms with van der Waals surface area (Å²) >= 11 is 0. The van der Waals surface area contributed by atoms with E-state index in [1.165, 1.54) is 6.92 Å². The van der Waals surface area contributed by atoms with Gasteiger partial charge in [-0.3, -0.25) is 62.3 Å². The van der Waals surface area contributed by atoms with Crippen LogP contribution in [0.4, 0.5) is 0 Å². The van der Waals surface area contributed by atoms with Crippen LogP contribution in [0, 0.1) is 65.1 Å². The molecule has 105 heavy (non-hydrogen) atoms. The third-order valence-electron chi connectivity index (χ3n) is 26.3. The van der Waals surface area contributed by atoms with E-state index in [1.54, 1.807) is 24.3 Å². The van der Waals surface area contributed by atoms with Crippen LogP contribution >= 0.6 is 0 Å². The predicted octanol–water partition coefficient (Wildman–Crippen LogP) is 3.45. The lowest BCUT2D eigenvalue weighted by atomic mass is 9.95. The summed E-state index contributed by atoms with van der Waals surface area (Å²) in [5, 5.41) is 47.9. The molecule has 0 unspecified atom stereocenters. The van der Waals surface area contributed by atoms with Gasteiger partial charge in [0.05, 0.1) is 65.1 Å². The van der Waals surface area contributed by atoms with Gasteiger partial charge in [-0.05, 0) is 165 Å². The van der Waals surface area contributed by atoms with Crippen molar-refractivity contribution in [1.82, 2.24) is 63.8 Å². The number of carbonyl (C=O) groups excluding carboxylic acids is 13. The lowest BCUT2D eigenvalue weighted by molar-refractivity contribution is -0.133. The van der Waals surface area contributed by atoms with Crippen molar-refractivity contribution in [3.8, 4) is 5.75 Å². The summed E-state index contributed by atoms with van der Waals surface area (Å²) in [6, 6.07) is 1.52. The highest BCUT2D eigenvalue weighted by Gasteiger charge is 2.48. The maximum atomic E-state index is 14.5. The fraction of sp³-hybridized carbons (Fsp3) is 0.756. The Labute approximate surface area is 615 Å². The Morgan fingerprint density at radius 1 is 0.305 bits per heavy atom. The molecule has 0 aliphatic heterocycles. The molecule has 15 N–H and O–H groups in total. The summed E-state index contributed by atoms with van der Waals surface area (Å²) in [6.45, 7) is 1.45. The Kier molecular flexibility index (Phi) is 25.8. The fourth-order valence-corrected chi connectivity index (χ4v) is 20.7. The van der Waals surface area contributed by atoms with Crippen LogP contribution in [-0.2, 0) is 68.7 Å². The van der Waals surface area contributed by atoms with Crippen molar-refractivity contribution >= 4 is 76.8 Å². The third kappa shape index (κ3) is 18.9. The SMILES string of the molecule is CC(=O)N[C@H]1CCC[C@@H]1C(=O)N[C@H]1CCC[C@@H]1C(=O)N[C@H]1CCC[C@@H]1C(=O)N[C@H]1CCC[C@@H]1C(=O)N[C@H]1CCC[C@@H]1C(=O)N[C@H](CC(=O)N[C@H]1CCC[C@@H]1C(=O)N[C@H]1CCC[C@@H]1C(=O)N[C@H]1CCC[C@@H]1C(=O)N[C@H]1CCC[C@@H]1C(=O)N[C@H]1CCC[C@@H]1C(=O)N[C@H]1CCC[C@@H]1C(N)=O)Cc1ccc(O)cc1. The van der Waals surface area contributed by atoms with Crippen LogP contribution in [0.15, 0.2) is 24.3 Å². The largest absolute Gasteiger partial charge is 0.508 e. The molecule has 23 atom stereocenters. The number of benzene rings is 1. The molecule has 12 rings (SSSR count). The van der Waals surface area contributed by atoms with Gasteiger partial charge in [-0.2, -0.15) is 0 Å². The highest BCUT2D eigenvalue weighted by molar-refractivity contribution is 5.90. The molecule has 0 radical (unpaired) electrons. The maximum Gasteiger partial charge on any atom is 0.225 e. The highest BCUT2D eigenvalue weighted by atomic mass is 16.3. The molecule has 11 saturated carbocycles. The topological polar surface area (TPSA) is 413 Å². The van der Waals surface area contributed by atoms with Crippen LogP contribution in [-0.4, -0.2) is 154 Å². The van der Waals surface area contributed by atoms with Gasteiger partial charge < -0.3 is 74.6 Å². The predicted molar refractivity (Wildman–Crippen MR) is 385 cm³/mol. The Balaban J connectivity index is 0.593. The number of hydrogen-bond donors (Lipinski definition) is 14. The first kappa shape index (κ1) is 76.8. The first-order chi connectivity index (χ1) is 50.6. The molecule has 11 fully saturated rings. The second kappa shape index (κ2) is 35.2. The minimum atomic E-state index is -0.701. The van der Waals surface area contributed by atoms with E-state index in [-0.39, 0.29) is 120 Å². The van der Waals surface area contributed by atoms with E-state index in [9.17, 15) is 67.4 Å². The number of phenolic OH excluding ortho intramolecular Hbond substituents is 1. The van der Waals surface area contributed by atoms with E-state index in [2.05, 4.69) is 63.8 Å². The molecule has 11 aliphatic carbocycles. The second-order valence-electron chi connectivity index (χ2n) is 33.1. The number of aromatic hydroxyl groups is 1. The number of amides is 13. The number of nitrogens with one attached hydrogen (secondary N) is 12. The van der Waals surface area contributed by atoms with E-state index in [1.807, 2.05) is 0 Å². The van der Waals surface area contributed by atoms with Gasteiger partial charge in [0.25, 0.3) is 0 Å². The maximum absolute atomic E-state index is 14.5. The molecule has 27 heteroatoms. The summed E-state index contributed by atoms with van der Waals surface area (Å²) in [5.74, 6) is -8.28. The number of hydrogen-bond acceptors (Lipinski definition) is 14. The zero-order valence-electron chi connectivity index (χ0n) is 61.2. The first-order valence-electron chi connectivity index (χ1n) is 40.3. The van der Waals surface area contributed by atoms with Crippen molar-refractivity contribution < 1.29 is 67.4 Å². The van der Waals surface area contributed by atoms with Gasteiger partial charge in [0, 0.05) is 85.8 Å². The lowest BCUT2D eigenvalue weighted by Gasteiger charge is -2.29. The smallest absolute Gasteiger partial charge is 0.225 e. The molecule has 11 aliphatic rings. The molecule has 0 aromatic heterocycles. The summed E-state index contributed by atoms with van der Waals surface area (Å²) < 4.78 is 0. The average molecular weight is 1460 g/mol. The molecular weight excluding hydrogens is 1340 g/mol. The molecule has 13 amide bonds. The van der Waals surface area contributed by atoms with Crippen molar-refractivity contribution in [1.29, 1.82) is 0 Å². The zero-order chi connectivity index (χ0) is 74.0. The van der Waals surface area contributed by atoms with Crippen LogP contribution in [0.5, 0.6) is 5.75 Å². The van der Waals surface area contributed by atoms with E-state index in [4.69, 9.17) is 5.73 Å². The zero-order valence-corrected chi connectivity index (χ0v) is 61.2. The average Bonchev–Trinajstić information content (AvgIpc) is 1.71. The molecule has 1 aromatic carbocycles. The second-order valence-corrected chi connectivity index (χ2v) is 33.1. The van der Waals surface area contributed by atoms with Crippen molar-refractivity contribution in [2.75, 3.05) is 0 Å². The molecule has 0 heterocycles. The molecule has 0 spiro atoms. The molecular formula is C78H115N13O14. The summed E-state index contributed by atoms with van der Waals surface area (Å²) in [5.41, 5.74) is 6.39. The van der Waals surface area contributed by atoms with Gasteiger partial charge >= 0.3 is 0 Å². The van der Waals surface area contributed by atoms with E-state index in [0.29, 0.717) is 154 Å². The number of carbonyl (C=O) groups is 13. The molecule has 27 nitrogen and oxygen atoms in total. The van der Waals surface area contributed by atoms with Crippen LogP contribution in [0.25, 0.3) is 0 Å². The van der Waals surface area contributed by atoms with Gasteiger partial charge in [0.2, 0.25) is 76.8 Å². The van der Waals surface area contributed by atoms with Gasteiger partial charge in [0.15, 0.2) is 0 Å². The minimum Gasteiger partial charge on any atom is -0.508 e. The van der Waals surface area contributed by atoms with Gasteiger partial charge in [-0.1, -0.05) is 82.8 Å². The highest BCUT2D eigenvalue weighted by Crippen LogP contribution is 2.38. The summed E-state index contributed by atoms with van der Waals surface area (Å²) in [6.07, 6.45) is 21.7. The Bertz CT molecular complexity index is 3370. The van der Waals surface area contributed by atoms with E-state index < -0.39 is 113 Å². The molecule has 0 bridgehead atoms. The van der Waals surface area contributed by atoms with E-state index in [0.717, 1.165) is 63.4 Å². The van der Waals surface area contributed by atoms with Gasteiger partial charge in [-0.15, -0.1) is 0 Å². The fourth-order valence-electron chi connectivity index (χ4n) is 20.7. The van der Waals surface area contributed by atoms with Crippen molar-refractivity contribution in [3.05, 3.63) is 29.8 Å². The van der Waals surface area contributed by atoms with Crippen molar-refractivity contribution in [2.45, 2.75) is 304 Å². The number of phenols is 1. The van der Waals surface area contributed by atoms with Crippen molar-refractivity contribution in [2.24, 2.45) is 70.8 Å². The van der Waals surface area contributed by atoms with Crippen LogP contribution in [0.2, 0.25) is 0 Å². The first-order valence-corrected chi connectivity index (χ1v) is 40.3. The number of rotatable bonds is 27. The van der Waals surface area contributed by atoms with Crippen LogP contribution in [0.1, 0.15) is 231 Å². The third-order valence-corrected chi connectivity index (χ3v) is 26.3. The Morgan fingerprint density at radius 3 is 0.752 bits per heavy atom. The van der Waals surface area contributed by atoms with Crippen molar-refractivity contribution in [3.63, 3.8) is 0 Å². The van der Waals surface area contributed by atoms with Gasteiger partial charge in [0.1, 0.15) is 5.75 Å². The normalized spacial score (nSPS) is 35.0. The molecule has 576 valence electrons. The Hall–Kier alpha value is -7.87. The minimum absolute atomic E-state index is 0.0628. The standard InChI is InChI=1S/C78H115N13O14/c1-41(92)80-57-25-3-14-46(57)70(97)85-61-29-7-18-50(61)74(101)89-65-33-11-22-54(65)77(104)88-63-31-9-20-52(63)73(100)84-59-27-5-16-48(59)69(96)81-43(39-42-35-37-44(93)38-36-42)40-67(94)82-58-26-4-15-47(58)71(98)86-62-30-8-19-51(62)75(102)90-66-34-12-23-55(66)78(105)91-64-32-10-21-53(64)76(103)87-60-28-6-17-49(60)72(99)83-56-24-2-13-45(56)68(79)95/h35-38,43,45-66,93H,2-34,39-40H2,1H3,(H2,79,95)(H,80,92)(H,81,96)(H,82,94)(H,83,99)(H,84,100)(H,85,97)(H,86,98)(H,87,103)(H,88,104)(H,89,101)(H,90,102)(H,91,105)/t43-,45-,46-,47-,48-,49-,50-,51-,52-,53-,54-,55-,56-,57-,58-,59-,60-,61-,62-,63-,64-,65-,66-/m0/s1. The monoisotopic (exact) mass is 1460 g/mol. The quantitative estimate of drug-likeness (QED) is 0.0600. The number of primary amides is 1. The van der Waals surface area contributed by atoms with Crippen LogP contribution < -0.4 is 69.5 Å². The van der Waals surface area contributed by atoms with Crippen LogP contribution in [0.3, 0.4) is 0 Å². The number of nitrogens with two attached hydrogens (primary N) is 1. The molecule has 0 saturated heterocycles.